The number of aromatic amines is 1. The summed E-state index contributed by atoms with van der Waals surface area (Å²) in [7, 11) is 0. The number of carbonyl (C=O) groups excluding carboxylic acids is 2. The van der Waals surface area contributed by atoms with Crippen LogP contribution in [0, 0.1) is 0 Å². The summed E-state index contributed by atoms with van der Waals surface area (Å²) < 4.78 is 6.95. The van der Waals surface area contributed by atoms with E-state index in [4.69, 9.17) is 10.5 Å². The number of rotatable bonds is 7. The minimum Gasteiger partial charge on any atom is -0.491 e. The van der Waals surface area contributed by atoms with Crippen LogP contribution >= 0.6 is 0 Å². The highest BCUT2D eigenvalue weighted by Gasteiger charge is 2.22. The molecule has 0 aliphatic carbocycles. The van der Waals surface area contributed by atoms with Crippen LogP contribution in [0.25, 0.3) is 10.9 Å². The van der Waals surface area contributed by atoms with Crippen molar-refractivity contribution in [3.05, 3.63) is 63.7 Å². The highest BCUT2D eigenvalue weighted by atomic mass is 16.5. The largest absolute Gasteiger partial charge is 0.491 e. The first-order chi connectivity index (χ1) is 13.0. The van der Waals surface area contributed by atoms with E-state index in [0.29, 0.717) is 23.2 Å². The van der Waals surface area contributed by atoms with Gasteiger partial charge in [0, 0.05) is 11.3 Å². The molecule has 0 atom stereocenters. The fraction of sp³-hybridized carbons (Fsp3) is 0.250. The van der Waals surface area contributed by atoms with E-state index in [-0.39, 0.29) is 41.3 Å². The standard InChI is InChI=1S/C20H21N3O4/c1-3-13-10-14-16(18(27-4-2)17(22-14)19(21)25)20(26)23(13)11-15(24)12-8-6-5-7-9-12/h5-10,22H,3-4,11H2,1-2H3,(H2,21,25). The van der Waals surface area contributed by atoms with Crippen molar-refractivity contribution >= 4 is 22.6 Å². The third kappa shape index (κ3) is 3.36. The molecule has 2 aromatic heterocycles. The molecular weight excluding hydrogens is 346 g/mol. The summed E-state index contributed by atoms with van der Waals surface area (Å²) >= 11 is 0. The van der Waals surface area contributed by atoms with Crippen molar-refractivity contribution in [2.24, 2.45) is 5.73 Å². The molecule has 0 aliphatic heterocycles. The summed E-state index contributed by atoms with van der Waals surface area (Å²) in [5, 5.41) is 0.226. The Morgan fingerprint density at radius 3 is 2.48 bits per heavy atom. The molecule has 3 aromatic rings. The first-order valence-electron chi connectivity index (χ1n) is 8.77. The molecule has 1 amide bonds. The smallest absolute Gasteiger partial charge is 0.269 e. The number of nitrogens with two attached hydrogens (primary N) is 1. The van der Waals surface area contributed by atoms with Crippen LogP contribution in [0.3, 0.4) is 0 Å². The predicted molar refractivity (Wildman–Crippen MR) is 102 cm³/mol. The summed E-state index contributed by atoms with van der Waals surface area (Å²) in [5.41, 5.74) is 6.76. The van der Waals surface area contributed by atoms with Crippen molar-refractivity contribution in [1.82, 2.24) is 9.55 Å². The Morgan fingerprint density at radius 2 is 1.89 bits per heavy atom. The number of nitrogens with one attached hydrogen (secondary N) is 1. The van der Waals surface area contributed by atoms with E-state index in [0.717, 1.165) is 0 Å². The molecule has 3 rings (SSSR count). The zero-order valence-electron chi connectivity index (χ0n) is 15.2. The molecular formula is C20H21N3O4. The minimum atomic E-state index is -0.709. The van der Waals surface area contributed by atoms with E-state index in [1.165, 1.54) is 4.57 Å². The van der Waals surface area contributed by atoms with E-state index in [2.05, 4.69) is 4.98 Å². The molecule has 0 aliphatic rings. The van der Waals surface area contributed by atoms with Gasteiger partial charge in [-0.15, -0.1) is 0 Å². The number of Topliss-reactive ketones (excluding diaryl/α,β-unsaturated/α-hetero) is 1. The van der Waals surface area contributed by atoms with Crippen LogP contribution in [0.1, 0.15) is 40.4 Å². The summed E-state index contributed by atoms with van der Waals surface area (Å²) in [6.45, 7) is 3.82. The zero-order valence-corrected chi connectivity index (χ0v) is 15.2. The number of ketones is 1. The number of aryl methyl sites for hydroxylation is 1. The van der Waals surface area contributed by atoms with E-state index >= 15 is 0 Å². The summed E-state index contributed by atoms with van der Waals surface area (Å²) in [5.74, 6) is -0.747. The molecule has 2 heterocycles. The summed E-state index contributed by atoms with van der Waals surface area (Å²) in [6, 6.07) is 10.6. The summed E-state index contributed by atoms with van der Waals surface area (Å²) in [6.07, 6.45) is 0.544. The Kier molecular flexibility index (Phi) is 5.12. The van der Waals surface area contributed by atoms with Gasteiger partial charge in [0.15, 0.2) is 11.5 Å². The highest BCUT2D eigenvalue weighted by molar-refractivity contribution is 6.02. The molecule has 0 unspecified atom stereocenters. The second-order valence-electron chi connectivity index (χ2n) is 6.08. The first kappa shape index (κ1) is 18.4. The number of fused-ring (bicyclic) bond motifs is 1. The number of nitrogens with zero attached hydrogens (tertiary/aromatic N) is 1. The van der Waals surface area contributed by atoms with Gasteiger partial charge in [0.2, 0.25) is 0 Å². The minimum absolute atomic E-state index is 0.0538. The topological polar surface area (TPSA) is 107 Å². The lowest BCUT2D eigenvalue weighted by Crippen LogP contribution is -2.27. The van der Waals surface area contributed by atoms with Crippen molar-refractivity contribution in [3.63, 3.8) is 0 Å². The molecule has 0 spiro atoms. The maximum atomic E-state index is 13.2. The van der Waals surface area contributed by atoms with Crippen LogP contribution in [0.15, 0.2) is 41.2 Å². The monoisotopic (exact) mass is 367 g/mol. The number of H-pyrrole nitrogens is 1. The fourth-order valence-electron chi connectivity index (χ4n) is 3.12. The number of carbonyl (C=O) groups is 2. The Hall–Kier alpha value is -3.35. The maximum absolute atomic E-state index is 13.2. The molecule has 0 fully saturated rings. The van der Waals surface area contributed by atoms with Gasteiger partial charge in [-0.2, -0.15) is 0 Å². The number of aromatic nitrogens is 2. The molecule has 27 heavy (non-hydrogen) atoms. The van der Waals surface area contributed by atoms with E-state index < -0.39 is 5.91 Å². The van der Waals surface area contributed by atoms with Crippen LogP contribution in [-0.2, 0) is 13.0 Å². The van der Waals surface area contributed by atoms with Gasteiger partial charge in [-0.1, -0.05) is 37.3 Å². The molecule has 0 saturated carbocycles. The number of ether oxygens (including phenoxy) is 1. The Labute approximate surface area is 155 Å². The normalized spacial score (nSPS) is 10.9. The van der Waals surface area contributed by atoms with E-state index in [9.17, 15) is 14.4 Å². The predicted octanol–water partition coefficient (Wildman–Crippen LogP) is 2.27. The number of hydrogen-bond donors (Lipinski definition) is 2. The maximum Gasteiger partial charge on any atom is 0.269 e. The average Bonchev–Trinajstić information content (AvgIpc) is 3.03. The van der Waals surface area contributed by atoms with Crippen LogP contribution in [0.5, 0.6) is 5.75 Å². The van der Waals surface area contributed by atoms with Gasteiger partial charge in [-0.3, -0.25) is 14.4 Å². The van der Waals surface area contributed by atoms with Gasteiger partial charge in [-0.25, -0.2) is 0 Å². The molecule has 7 heteroatoms. The highest BCUT2D eigenvalue weighted by Crippen LogP contribution is 2.28. The third-order valence-electron chi connectivity index (χ3n) is 4.39. The van der Waals surface area contributed by atoms with E-state index in [1.807, 2.05) is 13.0 Å². The van der Waals surface area contributed by atoms with Gasteiger partial charge in [0.25, 0.3) is 11.5 Å². The van der Waals surface area contributed by atoms with Crippen molar-refractivity contribution in [2.45, 2.75) is 26.8 Å². The van der Waals surface area contributed by atoms with Gasteiger partial charge in [-0.05, 0) is 19.4 Å². The van der Waals surface area contributed by atoms with E-state index in [1.54, 1.807) is 37.3 Å². The molecule has 3 N–H and O–H groups in total. The van der Waals surface area contributed by atoms with Gasteiger partial charge >= 0.3 is 0 Å². The lowest BCUT2D eigenvalue weighted by Gasteiger charge is -2.12. The molecule has 0 radical (unpaired) electrons. The number of hydrogen-bond acceptors (Lipinski definition) is 4. The van der Waals surface area contributed by atoms with Gasteiger partial charge < -0.3 is 20.0 Å². The zero-order chi connectivity index (χ0) is 19.6. The fourth-order valence-corrected chi connectivity index (χ4v) is 3.12. The SMILES string of the molecule is CCOc1c(C(N)=O)[nH]c2cc(CC)n(CC(=O)c3ccccc3)c(=O)c12. The number of benzene rings is 1. The van der Waals surface area contributed by atoms with Crippen LogP contribution in [0.4, 0.5) is 0 Å². The van der Waals surface area contributed by atoms with Crippen LogP contribution in [0.2, 0.25) is 0 Å². The number of primary amides is 1. The number of amides is 1. The lowest BCUT2D eigenvalue weighted by molar-refractivity contribution is 0.0967. The van der Waals surface area contributed by atoms with Crippen LogP contribution in [-0.4, -0.2) is 27.8 Å². The number of pyridine rings is 1. The van der Waals surface area contributed by atoms with Gasteiger partial charge in [0.1, 0.15) is 11.1 Å². The average molecular weight is 367 g/mol. The molecule has 7 nitrogen and oxygen atoms in total. The third-order valence-corrected chi connectivity index (χ3v) is 4.39. The molecule has 1 aromatic carbocycles. The quantitative estimate of drug-likeness (QED) is 0.625. The van der Waals surface area contributed by atoms with Crippen molar-refractivity contribution < 1.29 is 14.3 Å². The molecule has 0 saturated heterocycles. The van der Waals surface area contributed by atoms with Crippen molar-refractivity contribution in [2.75, 3.05) is 6.61 Å². The van der Waals surface area contributed by atoms with Crippen LogP contribution < -0.4 is 16.0 Å². The lowest BCUT2D eigenvalue weighted by atomic mass is 10.1. The Morgan fingerprint density at radius 1 is 1.19 bits per heavy atom. The molecule has 0 bridgehead atoms. The first-order valence-corrected chi connectivity index (χ1v) is 8.77. The Balaban J connectivity index is 2.19. The van der Waals surface area contributed by atoms with Gasteiger partial charge in [0.05, 0.1) is 18.7 Å². The Bertz CT molecular complexity index is 1060. The van der Waals surface area contributed by atoms with Crippen molar-refractivity contribution in [1.29, 1.82) is 0 Å². The summed E-state index contributed by atoms with van der Waals surface area (Å²) in [4.78, 5) is 40.4. The second-order valence-corrected chi connectivity index (χ2v) is 6.08. The van der Waals surface area contributed by atoms with Crippen molar-refractivity contribution in [3.8, 4) is 5.75 Å². The molecule has 140 valence electrons. The second kappa shape index (κ2) is 7.49.